The van der Waals surface area contributed by atoms with Crippen molar-refractivity contribution >= 4 is 5.97 Å². The normalized spacial score (nSPS) is 14.1. The molecule has 140 valence electrons. The molecular formula is C20H43NO2. The van der Waals surface area contributed by atoms with Crippen LogP contribution in [0.3, 0.4) is 0 Å². The summed E-state index contributed by atoms with van der Waals surface area (Å²) in [5, 5.41) is 12.2. The quantitative estimate of drug-likeness (QED) is 0.433. The Labute approximate surface area is 145 Å². The molecule has 0 spiro atoms. The highest BCUT2D eigenvalue weighted by molar-refractivity contribution is 5.73. The minimum Gasteiger partial charge on any atom is -0.550 e. The Morgan fingerprint density at radius 1 is 0.739 bits per heavy atom. The largest absolute Gasteiger partial charge is 0.550 e. The number of rotatable bonds is 14. The van der Waals surface area contributed by atoms with Crippen molar-refractivity contribution in [3.63, 3.8) is 0 Å². The van der Waals surface area contributed by atoms with Gasteiger partial charge in [-0.05, 0) is 31.1 Å². The number of hydrogen-bond donors (Lipinski definition) is 1. The first-order valence-corrected chi connectivity index (χ1v) is 9.65. The number of quaternary nitrogens is 1. The van der Waals surface area contributed by atoms with Crippen molar-refractivity contribution in [1.29, 1.82) is 0 Å². The maximum absolute atomic E-state index is 12.2. The van der Waals surface area contributed by atoms with Crippen LogP contribution in [0.1, 0.15) is 112 Å². The smallest absolute Gasteiger partial charge is 0.0479 e. The monoisotopic (exact) mass is 329 g/mol. The molecule has 0 fully saturated rings. The first-order valence-electron chi connectivity index (χ1n) is 9.65. The number of carbonyl (C=O) groups is 1. The molecule has 1 unspecified atom stereocenters. The summed E-state index contributed by atoms with van der Waals surface area (Å²) < 4.78 is 0. The average Bonchev–Trinajstić information content (AvgIpc) is 2.51. The van der Waals surface area contributed by atoms with Gasteiger partial charge >= 0.3 is 0 Å². The van der Waals surface area contributed by atoms with Crippen molar-refractivity contribution in [2.45, 2.75) is 112 Å². The van der Waals surface area contributed by atoms with Gasteiger partial charge in [-0.25, -0.2) is 0 Å². The fraction of sp³-hybridized carbons (Fsp3) is 0.950. The number of carboxylic acid groups (broad SMARTS) is 1. The van der Waals surface area contributed by atoms with Gasteiger partial charge in [0.15, 0.2) is 0 Å². The predicted molar refractivity (Wildman–Crippen MR) is 99.6 cm³/mol. The van der Waals surface area contributed by atoms with Crippen LogP contribution in [0.25, 0.3) is 0 Å². The zero-order valence-electron chi connectivity index (χ0n) is 16.8. The van der Waals surface area contributed by atoms with Crippen molar-refractivity contribution in [2.24, 2.45) is 10.8 Å². The zero-order chi connectivity index (χ0) is 17.1. The van der Waals surface area contributed by atoms with Gasteiger partial charge < -0.3 is 16.1 Å². The van der Waals surface area contributed by atoms with Gasteiger partial charge in [0.2, 0.25) is 0 Å². The first-order chi connectivity index (χ1) is 10.4. The summed E-state index contributed by atoms with van der Waals surface area (Å²) in [4.78, 5) is 12.2. The number of aliphatic carboxylic acids is 1. The van der Waals surface area contributed by atoms with Gasteiger partial charge in [-0.1, -0.05) is 86.0 Å². The molecule has 4 N–H and O–H groups in total. The highest BCUT2D eigenvalue weighted by Gasteiger charge is 2.46. The highest BCUT2D eigenvalue weighted by atomic mass is 16.4. The van der Waals surface area contributed by atoms with Crippen molar-refractivity contribution in [2.75, 3.05) is 0 Å². The van der Waals surface area contributed by atoms with Gasteiger partial charge in [-0.2, -0.15) is 0 Å². The second-order valence-electron chi connectivity index (χ2n) is 7.31. The van der Waals surface area contributed by atoms with Crippen molar-refractivity contribution < 1.29 is 9.90 Å². The zero-order valence-corrected chi connectivity index (χ0v) is 16.8. The van der Waals surface area contributed by atoms with E-state index in [4.69, 9.17) is 0 Å². The molecule has 0 aromatic carbocycles. The lowest BCUT2D eigenvalue weighted by Crippen LogP contribution is -2.52. The number of carbonyl (C=O) groups excluding carboxylic acids is 1. The lowest BCUT2D eigenvalue weighted by atomic mass is 9.55. The van der Waals surface area contributed by atoms with Crippen LogP contribution in [0.15, 0.2) is 0 Å². The molecule has 0 aliphatic rings. The Balaban J connectivity index is 0. The molecule has 23 heavy (non-hydrogen) atoms. The first kappa shape index (κ1) is 24.7. The van der Waals surface area contributed by atoms with E-state index in [0.717, 1.165) is 77.0 Å². The van der Waals surface area contributed by atoms with E-state index in [0.29, 0.717) is 0 Å². The SMILES string of the molecule is CCCCC(CCCC)(CCCC)C(C)(CCCC)C(=O)[O-].[NH4+]. The van der Waals surface area contributed by atoms with E-state index in [-0.39, 0.29) is 11.6 Å². The third-order valence-corrected chi connectivity index (χ3v) is 5.68. The van der Waals surface area contributed by atoms with Gasteiger partial charge in [0.25, 0.3) is 0 Å². The lowest BCUT2D eigenvalue weighted by molar-refractivity contribution is -0.326. The van der Waals surface area contributed by atoms with E-state index in [1.165, 1.54) is 0 Å². The fourth-order valence-electron chi connectivity index (χ4n) is 3.86. The van der Waals surface area contributed by atoms with E-state index in [2.05, 4.69) is 27.7 Å². The molecule has 0 rings (SSSR count). The summed E-state index contributed by atoms with van der Waals surface area (Å²) in [6, 6.07) is 0. The number of unbranched alkanes of at least 4 members (excludes halogenated alkanes) is 4. The molecule has 0 heterocycles. The molecule has 0 aromatic heterocycles. The standard InChI is InChI=1S/C20H40O2.H3N/c1-6-10-14-19(5,18(21)22)20(15-11-7-2,16-12-8-3)17-13-9-4;/h6-17H2,1-5H3,(H,21,22);1H3. The average molecular weight is 330 g/mol. The minimum atomic E-state index is -0.816. The molecule has 0 bridgehead atoms. The van der Waals surface area contributed by atoms with Crippen LogP contribution >= 0.6 is 0 Å². The van der Waals surface area contributed by atoms with E-state index in [1.54, 1.807) is 0 Å². The topological polar surface area (TPSA) is 76.6 Å². The molecule has 0 aromatic rings. The second kappa shape index (κ2) is 12.8. The van der Waals surface area contributed by atoms with Crippen LogP contribution in [0.4, 0.5) is 0 Å². The molecule has 1 atom stereocenters. The van der Waals surface area contributed by atoms with E-state index in [9.17, 15) is 9.90 Å². The molecule has 0 amide bonds. The molecular weight excluding hydrogens is 286 g/mol. The van der Waals surface area contributed by atoms with Crippen LogP contribution in [-0.4, -0.2) is 5.97 Å². The molecule has 0 aliphatic carbocycles. The number of hydrogen-bond acceptors (Lipinski definition) is 2. The van der Waals surface area contributed by atoms with E-state index >= 15 is 0 Å². The Bertz CT molecular complexity index is 282. The molecule has 0 saturated heterocycles. The van der Waals surface area contributed by atoms with Gasteiger partial charge in [0.1, 0.15) is 0 Å². The molecule has 3 nitrogen and oxygen atoms in total. The summed E-state index contributed by atoms with van der Waals surface area (Å²) in [7, 11) is 0. The van der Waals surface area contributed by atoms with E-state index < -0.39 is 11.4 Å². The highest BCUT2D eigenvalue weighted by Crippen LogP contribution is 2.53. The van der Waals surface area contributed by atoms with Gasteiger partial charge in [0, 0.05) is 11.4 Å². The van der Waals surface area contributed by atoms with Crippen molar-refractivity contribution in [3.05, 3.63) is 0 Å². The third kappa shape index (κ3) is 6.82. The molecule has 0 saturated carbocycles. The Morgan fingerprint density at radius 3 is 1.30 bits per heavy atom. The molecule has 3 heteroatoms. The Hall–Kier alpha value is -0.570. The Kier molecular flexibility index (Phi) is 13.7. The lowest BCUT2D eigenvalue weighted by Gasteiger charge is -2.51. The summed E-state index contributed by atoms with van der Waals surface area (Å²) >= 11 is 0. The van der Waals surface area contributed by atoms with Crippen molar-refractivity contribution in [3.8, 4) is 0 Å². The maximum Gasteiger partial charge on any atom is 0.0479 e. The molecule has 0 radical (unpaired) electrons. The third-order valence-electron chi connectivity index (χ3n) is 5.68. The van der Waals surface area contributed by atoms with Crippen LogP contribution in [0, 0.1) is 10.8 Å². The minimum absolute atomic E-state index is 0. The van der Waals surface area contributed by atoms with Crippen LogP contribution in [0.5, 0.6) is 0 Å². The van der Waals surface area contributed by atoms with Crippen molar-refractivity contribution in [1.82, 2.24) is 6.15 Å². The van der Waals surface area contributed by atoms with Crippen LogP contribution in [0.2, 0.25) is 0 Å². The predicted octanol–water partition coefficient (Wildman–Crippen LogP) is 5.87. The second-order valence-corrected chi connectivity index (χ2v) is 7.31. The van der Waals surface area contributed by atoms with Gasteiger partial charge in [-0.3, -0.25) is 0 Å². The fourth-order valence-corrected chi connectivity index (χ4v) is 3.86. The summed E-state index contributed by atoms with van der Waals surface area (Å²) in [6.07, 6.45) is 12.7. The van der Waals surface area contributed by atoms with Crippen LogP contribution in [-0.2, 0) is 4.79 Å². The summed E-state index contributed by atoms with van der Waals surface area (Å²) in [5.41, 5.74) is -0.758. The summed E-state index contributed by atoms with van der Waals surface area (Å²) in [5.74, 6) is -0.816. The van der Waals surface area contributed by atoms with Crippen LogP contribution < -0.4 is 11.3 Å². The number of carboxylic acids is 1. The van der Waals surface area contributed by atoms with Gasteiger partial charge in [-0.15, -0.1) is 0 Å². The Morgan fingerprint density at radius 2 is 1.04 bits per heavy atom. The summed E-state index contributed by atoms with van der Waals surface area (Å²) in [6.45, 7) is 10.7. The maximum atomic E-state index is 12.2. The molecule has 0 aliphatic heterocycles. The van der Waals surface area contributed by atoms with E-state index in [1.807, 2.05) is 6.92 Å². The van der Waals surface area contributed by atoms with Gasteiger partial charge in [0.05, 0.1) is 0 Å².